The van der Waals surface area contributed by atoms with Gasteiger partial charge in [-0.25, -0.2) is 9.97 Å². The van der Waals surface area contributed by atoms with E-state index >= 15 is 0 Å². The Balaban J connectivity index is 2.14. The van der Waals surface area contributed by atoms with E-state index in [1.165, 1.54) is 0 Å². The highest BCUT2D eigenvalue weighted by molar-refractivity contribution is 7.98. The van der Waals surface area contributed by atoms with Crippen LogP contribution in [0, 0.1) is 0 Å². The SMILES string of the molecule is FC(F)(F)CCc1nc(Cl)c2c(n1)CSC2. The molecule has 0 amide bonds. The van der Waals surface area contributed by atoms with Gasteiger partial charge in [0, 0.05) is 23.5 Å². The lowest BCUT2D eigenvalue weighted by atomic mass is 10.2. The van der Waals surface area contributed by atoms with Crippen molar-refractivity contribution in [2.24, 2.45) is 0 Å². The predicted octanol–water partition coefficient (Wildman–Crippen LogP) is 3.37. The van der Waals surface area contributed by atoms with Gasteiger partial charge in [-0.1, -0.05) is 11.6 Å². The Kier molecular flexibility index (Phi) is 3.30. The molecule has 1 aliphatic rings. The standard InChI is InChI=1S/C9H8ClF3N2S/c10-8-5-3-16-4-6(5)14-7(15-8)1-2-9(11,12)13/h1-4H2. The summed E-state index contributed by atoms with van der Waals surface area (Å²) in [7, 11) is 0. The summed E-state index contributed by atoms with van der Waals surface area (Å²) in [4.78, 5) is 7.99. The van der Waals surface area contributed by atoms with Crippen molar-refractivity contribution < 1.29 is 13.2 Å². The number of hydrogen-bond acceptors (Lipinski definition) is 3. The average Bonchev–Trinajstić information content (AvgIpc) is 2.62. The van der Waals surface area contributed by atoms with E-state index in [0.717, 1.165) is 17.0 Å². The van der Waals surface area contributed by atoms with E-state index in [1.807, 2.05) is 0 Å². The van der Waals surface area contributed by atoms with Gasteiger partial charge < -0.3 is 0 Å². The van der Waals surface area contributed by atoms with Gasteiger partial charge in [-0.15, -0.1) is 0 Å². The van der Waals surface area contributed by atoms with Gasteiger partial charge in [-0.3, -0.25) is 0 Å². The van der Waals surface area contributed by atoms with Gasteiger partial charge in [-0.2, -0.15) is 24.9 Å². The monoisotopic (exact) mass is 268 g/mol. The lowest BCUT2D eigenvalue weighted by molar-refractivity contribution is -0.134. The molecular weight excluding hydrogens is 261 g/mol. The number of aromatic nitrogens is 2. The summed E-state index contributed by atoms with van der Waals surface area (Å²) < 4.78 is 36.1. The van der Waals surface area contributed by atoms with Gasteiger partial charge in [0.1, 0.15) is 11.0 Å². The van der Waals surface area contributed by atoms with Crippen molar-refractivity contribution in [1.82, 2.24) is 9.97 Å². The number of rotatable bonds is 2. The van der Waals surface area contributed by atoms with Gasteiger partial charge in [0.05, 0.1) is 12.1 Å². The first-order valence-electron chi connectivity index (χ1n) is 4.64. The zero-order chi connectivity index (χ0) is 11.8. The van der Waals surface area contributed by atoms with E-state index in [9.17, 15) is 13.2 Å². The highest BCUT2D eigenvalue weighted by atomic mass is 35.5. The molecule has 0 aromatic carbocycles. The summed E-state index contributed by atoms with van der Waals surface area (Å²) in [6.45, 7) is 0. The Hall–Kier alpha value is -0.490. The molecule has 88 valence electrons. The Morgan fingerprint density at radius 1 is 1.25 bits per heavy atom. The Labute approximate surface area is 99.6 Å². The third-order valence-electron chi connectivity index (χ3n) is 2.21. The summed E-state index contributed by atoms with van der Waals surface area (Å²) in [5.41, 5.74) is 1.64. The molecule has 0 bridgehead atoms. The first kappa shape index (κ1) is 12.0. The predicted molar refractivity (Wildman–Crippen MR) is 56.4 cm³/mol. The molecule has 0 aliphatic carbocycles. The number of halogens is 4. The maximum Gasteiger partial charge on any atom is 0.389 e. The Morgan fingerprint density at radius 2 is 2.00 bits per heavy atom. The van der Waals surface area contributed by atoms with Gasteiger partial charge in [0.25, 0.3) is 0 Å². The fraction of sp³-hybridized carbons (Fsp3) is 0.556. The minimum absolute atomic E-state index is 0.184. The molecule has 7 heteroatoms. The van der Waals surface area contributed by atoms with Crippen LogP contribution in [-0.2, 0) is 17.9 Å². The summed E-state index contributed by atoms with van der Waals surface area (Å²) in [6, 6.07) is 0. The minimum atomic E-state index is -4.18. The molecule has 1 aromatic heterocycles. The molecule has 1 aliphatic heterocycles. The maximum absolute atomic E-state index is 12.0. The minimum Gasteiger partial charge on any atom is -0.237 e. The van der Waals surface area contributed by atoms with Crippen molar-refractivity contribution in [3.05, 3.63) is 22.2 Å². The number of fused-ring (bicyclic) bond motifs is 1. The molecule has 2 nitrogen and oxygen atoms in total. The third-order valence-corrected chi connectivity index (χ3v) is 3.49. The molecule has 0 spiro atoms. The number of aryl methyl sites for hydroxylation is 1. The van der Waals surface area contributed by atoms with Crippen molar-refractivity contribution in [1.29, 1.82) is 0 Å². The number of nitrogens with zero attached hydrogens (tertiary/aromatic N) is 2. The van der Waals surface area contributed by atoms with Crippen LogP contribution in [0.5, 0.6) is 0 Å². The normalized spacial score (nSPS) is 15.2. The molecule has 2 rings (SSSR count). The molecule has 0 unspecified atom stereocenters. The summed E-state index contributed by atoms with van der Waals surface area (Å²) in [6.07, 6.45) is -5.29. The van der Waals surface area contributed by atoms with Crippen LogP contribution in [-0.4, -0.2) is 16.1 Å². The van der Waals surface area contributed by atoms with Crippen molar-refractivity contribution in [3.8, 4) is 0 Å². The van der Waals surface area contributed by atoms with E-state index in [4.69, 9.17) is 11.6 Å². The Morgan fingerprint density at radius 3 is 2.69 bits per heavy atom. The van der Waals surface area contributed by atoms with Crippen LogP contribution in [0.2, 0.25) is 5.15 Å². The topological polar surface area (TPSA) is 25.8 Å². The van der Waals surface area contributed by atoms with E-state index in [0.29, 0.717) is 10.9 Å². The van der Waals surface area contributed by atoms with Crippen molar-refractivity contribution >= 4 is 23.4 Å². The number of alkyl halides is 3. The lowest BCUT2D eigenvalue weighted by Crippen LogP contribution is -2.11. The van der Waals surface area contributed by atoms with Gasteiger partial charge in [-0.05, 0) is 0 Å². The van der Waals surface area contributed by atoms with E-state index in [1.54, 1.807) is 11.8 Å². The zero-order valence-electron chi connectivity index (χ0n) is 8.14. The number of hydrogen-bond donors (Lipinski definition) is 0. The van der Waals surface area contributed by atoms with Crippen LogP contribution < -0.4 is 0 Å². The summed E-state index contributed by atoms with van der Waals surface area (Å²) in [5.74, 6) is 1.63. The highest BCUT2D eigenvalue weighted by Crippen LogP contribution is 2.32. The molecule has 2 heterocycles. The van der Waals surface area contributed by atoms with Crippen LogP contribution in [0.1, 0.15) is 23.5 Å². The van der Waals surface area contributed by atoms with Gasteiger partial charge in [0.15, 0.2) is 0 Å². The largest absolute Gasteiger partial charge is 0.389 e. The van der Waals surface area contributed by atoms with Crippen molar-refractivity contribution in [2.75, 3.05) is 0 Å². The first-order chi connectivity index (χ1) is 7.46. The molecule has 1 aromatic rings. The molecule has 0 saturated carbocycles. The smallest absolute Gasteiger partial charge is 0.237 e. The number of thioether (sulfide) groups is 1. The molecular formula is C9H8ClF3N2S. The van der Waals surface area contributed by atoms with Crippen LogP contribution in [0.15, 0.2) is 0 Å². The second-order valence-electron chi connectivity index (χ2n) is 3.46. The quantitative estimate of drug-likeness (QED) is 0.769. The average molecular weight is 269 g/mol. The van der Waals surface area contributed by atoms with Crippen LogP contribution in [0.3, 0.4) is 0 Å². The fourth-order valence-corrected chi connectivity index (χ4v) is 2.82. The Bertz CT molecular complexity index is 408. The van der Waals surface area contributed by atoms with Crippen molar-refractivity contribution in [2.45, 2.75) is 30.5 Å². The maximum atomic E-state index is 12.0. The molecule has 0 radical (unpaired) electrons. The van der Waals surface area contributed by atoms with Crippen LogP contribution >= 0.6 is 23.4 Å². The fourth-order valence-electron chi connectivity index (χ4n) is 1.43. The lowest BCUT2D eigenvalue weighted by Gasteiger charge is -2.07. The second-order valence-corrected chi connectivity index (χ2v) is 4.81. The first-order valence-corrected chi connectivity index (χ1v) is 6.17. The second kappa shape index (κ2) is 4.41. The molecule has 16 heavy (non-hydrogen) atoms. The highest BCUT2D eigenvalue weighted by Gasteiger charge is 2.28. The summed E-state index contributed by atoms with van der Waals surface area (Å²) in [5, 5.41) is 0.298. The molecule has 0 fully saturated rings. The molecule has 0 N–H and O–H groups in total. The van der Waals surface area contributed by atoms with Crippen LogP contribution in [0.4, 0.5) is 13.2 Å². The van der Waals surface area contributed by atoms with E-state index in [-0.39, 0.29) is 12.2 Å². The molecule has 0 atom stereocenters. The van der Waals surface area contributed by atoms with Crippen molar-refractivity contribution in [3.63, 3.8) is 0 Å². The third kappa shape index (κ3) is 2.79. The zero-order valence-corrected chi connectivity index (χ0v) is 9.72. The van der Waals surface area contributed by atoms with E-state index in [2.05, 4.69) is 9.97 Å². The van der Waals surface area contributed by atoms with Crippen LogP contribution in [0.25, 0.3) is 0 Å². The molecule has 0 saturated heterocycles. The summed E-state index contributed by atoms with van der Waals surface area (Å²) >= 11 is 7.52. The van der Waals surface area contributed by atoms with Gasteiger partial charge >= 0.3 is 6.18 Å². The van der Waals surface area contributed by atoms with E-state index < -0.39 is 12.6 Å². The van der Waals surface area contributed by atoms with Gasteiger partial charge in [0.2, 0.25) is 0 Å².